The van der Waals surface area contributed by atoms with Gasteiger partial charge in [-0.3, -0.25) is 4.90 Å². The van der Waals surface area contributed by atoms with E-state index in [0.29, 0.717) is 5.56 Å². The first kappa shape index (κ1) is 20.5. The smallest absolute Gasteiger partial charge is 0.337 e. The summed E-state index contributed by atoms with van der Waals surface area (Å²) in [6.07, 6.45) is 2.52. The molecule has 0 aromatic heterocycles. The van der Waals surface area contributed by atoms with Gasteiger partial charge in [0, 0.05) is 13.1 Å². The van der Waals surface area contributed by atoms with E-state index >= 15 is 0 Å². The van der Waals surface area contributed by atoms with Crippen LogP contribution in [0.1, 0.15) is 39.9 Å². The van der Waals surface area contributed by atoms with E-state index in [4.69, 9.17) is 0 Å². The lowest BCUT2D eigenvalue weighted by Crippen LogP contribution is -2.24. The number of nitrogens with zero attached hydrogens (tertiary/aromatic N) is 1. The third-order valence-corrected chi connectivity index (χ3v) is 6.54. The first-order chi connectivity index (χ1) is 13.4. The Balaban J connectivity index is 1.67. The lowest BCUT2D eigenvalue weighted by atomic mass is 10.1. The summed E-state index contributed by atoms with van der Waals surface area (Å²) < 4.78 is 32.7. The Hall–Kier alpha value is -2.22. The number of carbonyl (C=O) groups is 1. The van der Waals surface area contributed by atoms with Crippen LogP contribution < -0.4 is 4.72 Å². The molecule has 1 saturated heterocycles. The summed E-state index contributed by atoms with van der Waals surface area (Å²) in [7, 11) is -2.48. The zero-order valence-electron chi connectivity index (χ0n) is 16.3. The van der Waals surface area contributed by atoms with E-state index in [2.05, 4.69) is 14.4 Å². The van der Waals surface area contributed by atoms with E-state index in [1.807, 2.05) is 24.3 Å². The quantitative estimate of drug-likeness (QED) is 0.721. The molecular weight excluding hydrogens is 376 g/mol. The van der Waals surface area contributed by atoms with Crippen molar-refractivity contribution in [1.82, 2.24) is 9.62 Å². The standard InChI is InChI=1S/C21H26N2O4S/c1-16-5-10-19(21(24)27-2)13-20(16)28(25,26)22-14-17-6-8-18(9-7-17)15-23-11-3-4-12-23/h5-10,13,22H,3-4,11-12,14-15H2,1-2H3. The van der Waals surface area contributed by atoms with E-state index in [9.17, 15) is 13.2 Å². The van der Waals surface area contributed by atoms with E-state index in [0.717, 1.165) is 25.2 Å². The van der Waals surface area contributed by atoms with Crippen LogP contribution in [0.25, 0.3) is 0 Å². The lowest BCUT2D eigenvalue weighted by Gasteiger charge is -2.15. The maximum absolute atomic E-state index is 12.7. The van der Waals surface area contributed by atoms with Crippen LogP contribution in [0.15, 0.2) is 47.4 Å². The summed E-state index contributed by atoms with van der Waals surface area (Å²) in [5.41, 5.74) is 2.89. The molecule has 7 heteroatoms. The van der Waals surface area contributed by atoms with Crippen molar-refractivity contribution in [3.8, 4) is 0 Å². The van der Waals surface area contributed by atoms with Gasteiger partial charge in [0.15, 0.2) is 0 Å². The third-order valence-electron chi connectivity index (χ3n) is 4.99. The number of ether oxygens (including phenoxy) is 1. The zero-order valence-corrected chi connectivity index (χ0v) is 17.1. The summed E-state index contributed by atoms with van der Waals surface area (Å²) in [5, 5.41) is 0. The van der Waals surface area contributed by atoms with E-state index in [1.54, 1.807) is 19.1 Å². The normalized spacial score (nSPS) is 14.9. The highest BCUT2D eigenvalue weighted by molar-refractivity contribution is 7.89. The largest absolute Gasteiger partial charge is 0.465 e. The molecule has 2 aromatic carbocycles. The predicted molar refractivity (Wildman–Crippen MR) is 107 cm³/mol. The molecule has 1 N–H and O–H groups in total. The number of benzene rings is 2. The molecule has 0 spiro atoms. The van der Waals surface area contributed by atoms with Crippen LogP contribution in [0.3, 0.4) is 0 Å². The van der Waals surface area contributed by atoms with Crippen LogP contribution in [-0.4, -0.2) is 39.5 Å². The van der Waals surface area contributed by atoms with Crippen molar-refractivity contribution >= 4 is 16.0 Å². The summed E-state index contributed by atoms with van der Waals surface area (Å²) in [5.74, 6) is -0.565. The maximum atomic E-state index is 12.7. The molecule has 0 radical (unpaired) electrons. The molecular formula is C21H26N2O4S. The molecule has 1 fully saturated rings. The molecule has 28 heavy (non-hydrogen) atoms. The Labute approximate surface area is 166 Å². The fourth-order valence-electron chi connectivity index (χ4n) is 3.35. The van der Waals surface area contributed by atoms with Gasteiger partial charge < -0.3 is 4.74 Å². The molecule has 1 aliphatic heterocycles. The highest BCUT2D eigenvalue weighted by Crippen LogP contribution is 2.19. The number of likely N-dealkylation sites (tertiary alicyclic amines) is 1. The average Bonchev–Trinajstić information content (AvgIpc) is 3.20. The molecule has 0 atom stereocenters. The van der Waals surface area contributed by atoms with Gasteiger partial charge in [-0.05, 0) is 61.7 Å². The summed E-state index contributed by atoms with van der Waals surface area (Å²) in [6, 6.07) is 12.5. The first-order valence-corrected chi connectivity index (χ1v) is 10.9. The van der Waals surface area contributed by atoms with Crippen molar-refractivity contribution in [2.45, 2.75) is 37.8 Å². The van der Waals surface area contributed by atoms with Gasteiger partial charge in [0.2, 0.25) is 10.0 Å². The van der Waals surface area contributed by atoms with Crippen LogP contribution >= 0.6 is 0 Å². The Kier molecular flexibility index (Phi) is 6.49. The van der Waals surface area contributed by atoms with Crippen molar-refractivity contribution in [2.75, 3.05) is 20.2 Å². The molecule has 0 bridgehead atoms. The van der Waals surface area contributed by atoms with Crippen molar-refractivity contribution in [1.29, 1.82) is 0 Å². The molecule has 6 nitrogen and oxygen atoms in total. The lowest BCUT2D eigenvalue weighted by molar-refractivity contribution is 0.0600. The second-order valence-electron chi connectivity index (χ2n) is 7.10. The Morgan fingerprint density at radius 2 is 1.71 bits per heavy atom. The number of methoxy groups -OCH3 is 1. The second-order valence-corrected chi connectivity index (χ2v) is 8.83. The van der Waals surface area contributed by atoms with Crippen LogP contribution in [0.4, 0.5) is 0 Å². The van der Waals surface area contributed by atoms with Gasteiger partial charge in [-0.25, -0.2) is 17.9 Å². The van der Waals surface area contributed by atoms with Crippen LogP contribution in [0.2, 0.25) is 0 Å². The van der Waals surface area contributed by atoms with Gasteiger partial charge in [-0.15, -0.1) is 0 Å². The summed E-state index contributed by atoms with van der Waals surface area (Å²) >= 11 is 0. The van der Waals surface area contributed by atoms with Crippen LogP contribution in [0, 0.1) is 6.92 Å². The fraction of sp³-hybridized carbons (Fsp3) is 0.381. The molecule has 1 heterocycles. The van der Waals surface area contributed by atoms with Crippen molar-refractivity contribution in [3.63, 3.8) is 0 Å². The summed E-state index contributed by atoms with van der Waals surface area (Å²) in [6.45, 7) is 5.11. The Bertz CT molecular complexity index is 933. The molecule has 3 rings (SSSR count). The van der Waals surface area contributed by atoms with Gasteiger partial charge in [0.1, 0.15) is 0 Å². The number of hydrogen-bond donors (Lipinski definition) is 1. The average molecular weight is 403 g/mol. The topological polar surface area (TPSA) is 75.7 Å². The minimum absolute atomic E-state index is 0.0843. The molecule has 0 aliphatic carbocycles. The first-order valence-electron chi connectivity index (χ1n) is 9.38. The van der Waals surface area contributed by atoms with Gasteiger partial charge in [-0.1, -0.05) is 30.3 Å². The molecule has 1 aliphatic rings. The number of nitrogens with one attached hydrogen (secondary N) is 1. The monoisotopic (exact) mass is 402 g/mol. The number of hydrogen-bond acceptors (Lipinski definition) is 5. The SMILES string of the molecule is COC(=O)c1ccc(C)c(S(=O)(=O)NCc2ccc(CN3CCCC3)cc2)c1. The van der Waals surface area contributed by atoms with Gasteiger partial charge in [-0.2, -0.15) is 0 Å². The Morgan fingerprint density at radius 3 is 2.36 bits per heavy atom. The molecule has 2 aromatic rings. The minimum atomic E-state index is -3.75. The number of aryl methyl sites for hydroxylation is 1. The van der Waals surface area contributed by atoms with Crippen molar-refractivity contribution in [2.24, 2.45) is 0 Å². The molecule has 150 valence electrons. The second kappa shape index (κ2) is 8.86. The van der Waals surface area contributed by atoms with Gasteiger partial charge in [0.05, 0.1) is 17.6 Å². The highest BCUT2D eigenvalue weighted by Gasteiger charge is 2.19. The van der Waals surface area contributed by atoms with Gasteiger partial charge >= 0.3 is 5.97 Å². The summed E-state index contributed by atoms with van der Waals surface area (Å²) in [4.78, 5) is 14.2. The predicted octanol–water partition coefficient (Wildman–Crippen LogP) is 2.86. The number of rotatable bonds is 7. The molecule has 0 amide bonds. The van der Waals surface area contributed by atoms with E-state index in [-0.39, 0.29) is 17.0 Å². The van der Waals surface area contributed by atoms with Crippen molar-refractivity contribution < 1.29 is 17.9 Å². The number of esters is 1. The fourth-order valence-corrected chi connectivity index (χ4v) is 4.64. The maximum Gasteiger partial charge on any atom is 0.337 e. The van der Waals surface area contributed by atoms with E-state index in [1.165, 1.54) is 31.6 Å². The van der Waals surface area contributed by atoms with Gasteiger partial charge in [0.25, 0.3) is 0 Å². The zero-order chi connectivity index (χ0) is 20.1. The molecule has 0 saturated carbocycles. The third kappa shape index (κ3) is 4.98. The Morgan fingerprint density at radius 1 is 1.07 bits per heavy atom. The van der Waals surface area contributed by atoms with E-state index < -0.39 is 16.0 Å². The molecule has 0 unspecified atom stereocenters. The number of sulfonamides is 1. The number of carbonyl (C=O) groups excluding carboxylic acids is 1. The van der Waals surface area contributed by atoms with Crippen LogP contribution in [-0.2, 0) is 27.8 Å². The minimum Gasteiger partial charge on any atom is -0.465 e. The van der Waals surface area contributed by atoms with Crippen molar-refractivity contribution in [3.05, 3.63) is 64.7 Å². The highest BCUT2D eigenvalue weighted by atomic mass is 32.2. The van der Waals surface area contributed by atoms with Crippen LogP contribution in [0.5, 0.6) is 0 Å².